The van der Waals surface area contributed by atoms with E-state index in [4.69, 9.17) is 4.74 Å². The minimum Gasteiger partial charge on any atom is -0.373 e. The van der Waals surface area contributed by atoms with Gasteiger partial charge in [-0.25, -0.2) is 4.98 Å². The molecule has 0 unspecified atom stereocenters. The van der Waals surface area contributed by atoms with Crippen LogP contribution in [0.15, 0.2) is 5.38 Å². The molecule has 1 aromatic heterocycles. The van der Waals surface area contributed by atoms with Gasteiger partial charge < -0.3 is 10.1 Å². The predicted octanol–water partition coefficient (Wildman–Crippen LogP) is 2.20. The summed E-state index contributed by atoms with van der Waals surface area (Å²) in [5, 5.41) is 6.07. The van der Waals surface area contributed by atoms with Crippen LogP contribution in [0.25, 0.3) is 0 Å². The summed E-state index contributed by atoms with van der Waals surface area (Å²) >= 11 is 1.61. The first-order valence-corrected chi connectivity index (χ1v) is 8.83. The number of hydrogen-bond acceptors (Lipinski definition) is 5. The number of morpholine rings is 1. The lowest BCUT2D eigenvalue weighted by molar-refractivity contribution is -0.135. The maximum absolute atomic E-state index is 12.7. The fourth-order valence-corrected chi connectivity index (χ4v) is 3.72. The van der Waals surface area contributed by atoms with Gasteiger partial charge in [-0.3, -0.25) is 9.69 Å². The van der Waals surface area contributed by atoms with Gasteiger partial charge in [0, 0.05) is 18.5 Å². The van der Waals surface area contributed by atoms with Gasteiger partial charge in [-0.05, 0) is 26.7 Å². The quantitative estimate of drug-likeness (QED) is 0.902. The van der Waals surface area contributed by atoms with Crippen molar-refractivity contribution >= 4 is 17.2 Å². The zero-order valence-corrected chi connectivity index (χ0v) is 14.9. The largest absolute Gasteiger partial charge is 0.373 e. The zero-order valence-electron chi connectivity index (χ0n) is 14.1. The minimum absolute atomic E-state index is 0.0851. The van der Waals surface area contributed by atoms with E-state index in [1.807, 2.05) is 12.3 Å². The average Bonchev–Trinajstić information content (AvgIpc) is 2.81. The Hall–Kier alpha value is -0.980. The topological polar surface area (TPSA) is 54.5 Å². The first-order chi connectivity index (χ1) is 10.4. The van der Waals surface area contributed by atoms with E-state index in [2.05, 4.69) is 42.9 Å². The molecule has 0 spiro atoms. The van der Waals surface area contributed by atoms with Crippen molar-refractivity contribution < 1.29 is 9.53 Å². The Labute approximate surface area is 137 Å². The number of thiazole rings is 1. The van der Waals surface area contributed by atoms with Gasteiger partial charge >= 0.3 is 0 Å². The van der Waals surface area contributed by atoms with Crippen LogP contribution in [0.1, 0.15) is 38.4 Å². The van der Waals surface area contributed by atoms with E-state index < -0.39 is 0 Å². The number of amides is 1. The number of aryl methyl sites for hydroxylation is 1. The van der Waals surface area contributed by atoms with Crippen LogP contribution in [-0.2, 0) is 16.1 Å². The van der Waals surface area contributed by atoms with E-state index in [0.29, 0.717) is 6.54 Å². The first kappa shape index (κ1) is 17.4. The monoisotopic (exact) mass is 325 g/mol. The second-order valence-corrected chi connectivity index (χ2v) is 7.54. The van der Waals surface area contributed by atoms with E-state index in [9.17, 15) is 4.79 Å². The number of ether oxygens (including phenoxy) is 1. The van der Waals surface area contributed by atoms with Gasteiger partial charge in [-0.2, -0.15) is 0 Å². The van der Waals surface area contributed by atoms with Crippen molar-refractivity contribution in [2.45, 2.75) is 59.4 Å². The van der Waals surface area contributed by atoms with Crippen LogP contribution in [0.3, 0.4) is 0 Å². The molecule has 6 heteroatoms. The van der Waals surface area contributed by atoms with E-state index in [-0.39, 0.29) is 30.1 Å². The summed E-state index contributed by atoms with van der Waals surface area (Å²) in [6.07, 6.45) is 0.331. The third-order valence-electron chi connectivity index (χ3n) is 3.85. The number of rotatable bonds is 5. The second kappa shape index (κ2) is 7.53. The molecule has 0 saturated carbocycles. The SMILES string of the molecule is Cc1nc(CNC(=O)[C@H](C(C)C)N2C[C@@H](C)O[C@@H](C)C2)cs1. The van der Waals surface area contributed by atoms with E-state index in [1.54, 1.807) is 11.3 Å². The third-order valence-corrected chi connectivity index (χ3v) is 4.67. The molecule has 0 bridgehead atoms. The van der Waals surface area contributed by atoms with E-state index in [1.165, 1.54) is 0 Å². The van der Waals surface area contributed by atoms with Gasteiger partial charge in [0.2, 0.25) is 5.91 Å². The van der Waals surface area contributed by atoms with Gasteiger partial charge in [0.05, 0.1) is 35.5 Å². The van der Waals surface area contributed by atoms with Gasteiger partial charge in [-0.1, -0.05) is 13.8 Å². The van der Waals surface area contributed by atoms with Crippen LogP contribution in [0.5, 0.6) is 0 Å². The summed E-state index contributed by atoms with van der Waals surface area (Å²) in [6, 6.07) is -0.117. The Balaban J connectivity index is 1.98. The van der Waals surface area contributed by atoms with Gasteiger partial charge in [0.25, 0.3) is 0 Å². The van der Waals surface area contributed by atoms with Crippen LogP contribution in [-0.4, -0.2) is 47.1 Å². The van der Waals surface area contributed by atoms with Crippen molar-refractivity contribution in [1.29, 1.82) is 0 Å². The lowest BCUT2D eigenvalue weighted by atomic mass is 9.99. The minimum atomic E-state index is -0.117. The average molecular weight is 325 g/mol. The fraction of sp³-hybridized carbons (Fsp3) is 0.750. The highest BCUT2D eigenvalue weighted by Gasteiger charge is 2.33. The number of carbonyl (C=O) groups is 1. The molecule has 2 rings (SSSR count). The van der Waals surface area contributed by atoms with Gasteiger partial charge in [0.15, 0.2) is 0 Å². The Morgan fingerprint density at radius 1 is 1.45 bits per heavy atom. The lowest BCUT2D eigenvalue weighted by Gasteiger charge is -2.41. The molecule has 1 fully saturated rings. The molecule has 1 amide bonds. The highest BCUT2D eigenvalue weighted by atomic mass is 32.1. The summed E-state index contributed by atoms with van der Waals surface area (Å²) in [5.41, 5.74) is 0.932. The molecule has 5 nitrogen and oxygen atoms in total. The standard InChI is InChI=1S/C16H27N3O2S/c1-10(2)15(19-7-11(3)21-12(4)8-19)16(20)17-6-14-9-22-13(5)18-14/h9-12,15H,6-8H2,1-5H3,(H,17,20)/t11-,12+,15-/m0/s1. The van der Waals surface area contributed by atoms with Crippen molar-refractivity contribution in [2.24, 2.45) is 5.92 Å². The molecule has 0 aromatic carbocycles. The molecule has 0 radical (unpaired) electrons. The number of aromatic nitrogens is 1. The molecular formula is C16H27N3O2S. The van der Waals surface area contributed by atoms with Crippen molar-refractivity contribution in [2.75, 3.05) is 13.1 Å². The molecule has 124 valence electrons. The Kier molecular flexibility index (Phi) is 5.94. The van der Waals surface area contributed by atoms with Crippen LogP contribution in [0.4, 0.5) is 0 Å². The third kappa shape index (κ3) is 4.51. The molecule has 0 aliphatic carbocycles. The fourth-order valence-electron chi connectivity index (χ4n) is 3.11. The second-order valence-electron chi connectivity index (χ2n) is 6.48. The number of nitrogens with one attached hydrogen (secondary N) is 1. The first-order valence-electron chi connectivity index (χ1n) is 7.95. The molecular weight excluding hydrogens is 298 g/mol. The summed E-state index contributed by atoms with van der Waals surface area (Å²) in [4.78, 5) is 19.3. The normalized spacial score (nSPS) is 24.5. The highest BCUT2D eigenvalue weighted by Crippen LogP contribution is 2.19. The smallest absolute Gasteiger partial charge is 0.237 e. The summed E-state index contributed by atoms with van der Waals surface area (Å²) < 4.78 is 5.78. The Bertz CT molecular complexity index is 493. The van der Waals surface area contributed by atoms with Crippen LogP contribution >= 0.6 is 11.3 Å². The van der Waals surface area contributed by atoms with Gasteiger partial charge in [-0.15, -0.1) is 11.3 Å². The molecule has 3 atom stereocenters. The molecule has 22 heavy (non-hydrogen) atoms. The number of carbonyl (C=O) groups excluding carboxylic acids is 1. The summed E-state index contributed by atoms with van der Waals surface area (Å²) in [5.74, 6) is 0.344. The van der Waals surface area contributed by atoms with E-state index >= 15 is 0 Å². The molecule has 1 aliphatic heterocycles. The molecule has 1 aliphatic rings. The van der Waals surface area contributed by atoms with Crippen molar-refractivity contribution in [3.63, 3.8) is 0 Å². The van der Waals surface area contributed by atoms with Crippen molar-refractivity contribution in [3.8, 4) is 0 Å². The summed E-state index contributed by atoms with van der Waals surface area (Å²) in [7, 11) is 0. The van der Waals surface area contributed by atoms with E-state index in [0.717, 1.165) is 23.8 Å². The predicted molar refractivity (Wildman–Crippen MR) is 88.9 cm³/mol. The Morgan fingerprint density at radius 3 is 2.59 bits per heavy atom. The number of hydrogen-bond donors (Lipinski definition) is 1. The number of nitrogens with zero attached hydrogens (tertiary/aromatic N) is 2. The molecule has 1 saturated heterocycles. The van der Waals surface area contributed by atoms with Crippen LogP contribution in [0.2, 0.25) is 0 Å². The summed E-state index contributed by atoms with van der Waals surface area (Å²) in [6.45, 7) is 12.4. The maximum Gasteiger partial charge on any atom is 0.237 e. The zero-order chi connectivity index (χ0) is 16.3. The molecule has 1 N–H and O–H groups in total. The maximum atomic E-state index is 12.7. The van der Waals surface area contributed by atoms with Crippen molar-refractivity contribution in [3.05, 3.63) is 16.1 Å². The van der Waals surface area contributed by atoms with Crippen LogP contribution in [0, 0.1) is 12.8 Å². The van der Waals surface area contributed by atoms with Crippen LogP contribution < -0.4 is 5.32 Å². The van der Waals surface area contributed by atoms with Gasteiger partial charge in [0.1, 0.15) is 0 Å². The molecule has 1 aromatic rings. The molecule has 2 heterocycles. The van der Waals surface area contributed by atoms with Crippen molar-refractivity contribution in [1.82, 2.24) is 15.2 Å². The highest BCUT2D eigenvalue weighted by molar-refractivity contribution is 7.09. The lowest BCUT2D eigenvalue weighted by Crippen LogP contribution is -2.56. The Morgan fingerprint density at radius 2 is 2.09 bits per heavy atom.